The average Bonchev–Trinajstić information content (AvgIpc) is 2.30. The molecule has 0 fully saturated rings. The Kier molecular flexibility index (Phi) is 5.16. The van der Waals surface area contributed by atoms with Crippen molar-refractivity contribution < 1.29 is 5.11 Å². The van der Waals surface area contributed by atoms with Crippen LogP contribution in [0, 0.1) is 0 Å². The van der Waals surface area contributed by atoms with Gasteiger partial charge in [-0.25, -0.2) is 0 Å². The van der Waals surface area contributed by atoms with Crippen LogP contribution in [0.4, 0.5) is 0 Å². The first-order chi connectivity index (χ1) is 7.97. The minimum absolute atomic E-state index is 0.205. The standard InChI is InChI=1S/C15H25NO/c1-5-14(11-17)16-10-12-6-8-13(9-7-12)15(2,3)4/h6-9,14,16-17H,5,10-11H2,1-4H3. The summed E-state index contributed by atoms with van der Waals surface area (Å²) < 4.78 is 0. The summed E-state index contributed by atoms with van der Waals surface area (Å²) in [5.74, 6) is 0. The van der Waals surface area contributed by atoms with Gasteiger partial charge in [0.1, 0.15) is 0 Å². The molecule has 0 aliphatic heterocycles. The normalized spacial score (nSPS) is 13.7. The fraction of sp³-hybridized carbons (Fsp3) is 0.600. The molecular weight excluding hydrogens is 210 g/mol. The summed E-state index contributed by atoms with van der Waals surface area (Å²) in [7, 11) is 0. The van der Waals surface area contributed by atoms with E-state index in [0.29, 0.717) is 0 Å². The third-order valence-electron chi connectivity index (χ3n) is 3.13. The molecule has 0 saturated carbocycles. The van der Waals surface area contributed by atoms with Gasteiger partial charge in [0, 0.05) is 12.6 Å². The molecule has 1 atom stereocenters. The van der Waals surface area contributed by atoms with Crippen molar-refractivity contribution in [2.24, 2.45) is 0 Å². The summed E-state index contributed by atoms with van der Waals surface area (Å²) in [6.45, 7) is 9.77. The van der Waals surface area contributed by atoms with Crippen molar-refractivity contribution in [2.45, 2.75) is 52.1 Å². The zero-order valence-electron chi connectivity index (χ0n) is 11.5. The number of rotatable bonds is 5. The molecule has 17 heavy (non-hydrogen) atoms. The highest BCUT2D eigenvalue weighted by Crippen LogP contribution is 2.22. The molecule has 2 N–H and O–H groups in total. The van der Waals surface area contributed by atoms with E-state index in [-0.39, 0.29) is 18.1 Å². The van der Waals surface area contributed by atoms with Crippen molar-refractivity contribution in [2.75, 3.05) is 6.61 Å². The minimum Gasteiger partial charge on any atom is -0.395 e. The van der Waals surface area contributed by atoms with E-state index >= 15 is 0 Å². The second-order valence-corrected chi connectivity index (χ2v) is 5.62. The number of aliphatic hydroxyl groups is 1. The lowest BCUT2D eigenvalue weighted by molar-refractivity contribution is 0.238. The Hall–Kier alpha value is -0.860. The third kappa shape index (κ3) is 4.49. The highest BCUT2D eigenvalue weighted by Gasteiger charge is 2.12. The van der Waals surface area contributed by atoms with E-state index in [1.54, 1.807) is 0 Å². The third-order valence-corrected chi connectivity index (χ3v) is 3.13. The van der Waals surface area contributed by atoms with Gasteiger partial charge in [-0.1, -0.05) is 52.0 Å². The maximum absolute atomic E-state index is 9.09. The van der Waals surface area contributed by atoms with E-state index in [1.165, 1.54) is 11.1 Å². The quantitative estimate of drug-likeness (QED) is 0.822. The molecule has 0 aliphatic carbocycles. The van der Waals surface area contributed by atoms with Crippen molar-refractivity contribution >= 4 is 0 Å². The van der Waals surface area contributed by atoms with Gasteiger partial charge in [0.25, 0.3) is 0 Å². The van der Waals surface area contributed by atoms with Crippen molar-refractivity contribution in [1.82, 2.24) is 5.32 Å². The molecule has 1 unspecified atom stereocenters. The largest absolute Gasteiger partial charge is 0.395 e. The van der Waals surface area contributed by atoms with E-state index in [1.807, 2.05) is 0 Å². The summed E-state index contributed by atoms with van der Waals surface area (Å²) >= 11 is 0. The number of aliphatic hydroxyl groups excluding tert-OH is 1. The van der Waals surface area contributed by atoms with E-state index in [9.17, 15) is 0 Å². The molecular formula is C15H25NO. The van der Waals surface area contributed by atoms with Crippen LogP contribution >= 0.6 is 0 Å². The second kappa shape index (κ2) is 6.18. The average molecular weight is 235 g/mol. The molecule has 0 amide bonds. The van der Waals surface area contributed by atoms with Gasteiger partial charge in [0.05, 0.1) is 6.61 Å². The van der Waals surface area contributed by atoms with Gasteiger partial charge in [-0.3, -0.25) is 0 Å². The first kappa shape index (κ1) is 14.2. The predicted octanol–water partition coefficient (Wildman–Crippen LogP) is 2.84. The van der Waals surface area contributed by atoms with Crippen LogP contribution in [-0.4, -0.2) is 17.8 Å². The van der Waals surface area contributed by atoms with E-state index in [0.717, 1.165) is 13.0 Å². The Morgan fingerprint density at radius 1 is 1.18 bits per heavy atom. The van der Waals surface area contributed by atoms with Crippen molar-refractivity contribution in [3.63, 3.8) is 0 Å². The molecule has 2 heteroatoms. The second-order valence-electron chi connectivity index (χ2n) is 5.62. The molecule has 1 aromatic rings. The lowest BCUT2D eigenvalue weighted by atomic mass is 9.87. The van der Waals surface area contributed by atoms with Crippen molar-refractivity contribution in [3.8, 4) is 0 Å². The van der Waals surface area contributed by atoms with Crippen LogP contribution in [0.25, 0.3) is 0 Å². The van der Waals surface area contributed by atoms with Gasteiger partial charge in [-0.05, 0) is 23.0 Å². The maximum Gasteiger partial charge on any atom is 0.0584 e. The predicted molar refractivity (Wildman–Crippen MR) is 73.1 cm³/mol. The number of hydrogen-bond acceptors (Lipinski definition) is 2. The number of benzene rings is 1. The van der Waals surface area contributed by atoms with E-state index in [2.05, 4.69) is 57.3 Å². The molecule has 0 aromatic heterocycles. The van der Waals surface area contributed by atoms with Crippen LogP contribution in [0.2, 0.25) is 0 Å². The summed E-state index contributed by atoms with van der Waals surface area (Å²) in [4.78, 5) is 0. The molecule has 2 nitrogen and oxygen atoms in total. The minimum atomic E-state index is 0.205. The summed E-state index contributed by atoms with van der Waals surface area (Å²) in [5.41, 5.74) is 2.84. The molecule has 0 spiro atoms. The van der Waals surface area contributed by atoms with Crippen LogP contribution in [-0.2, 0) is 12.0 Å². The van der Waals surface area contributed by atoms with Crippen LogP contribution in [0.1, 0.15) is 45.2 Å². The Morgan fingerprint density at radius 2 is 1.76 bits per heavy atom. The maximum atomic E-state index is 9.09. The van der Waals surface area contributed by atoms with E-state index < -0.39 is 0 Å². The SMILES string of the molecule is CCC(CO)NCc1ccc(C(C)(C)C)cc1. The molecule has 1 aromatic carbocycles. The van der Waals surface area contributed by atoms with Crippen molar-refractivity contribution in [3.05, 3.63) is 35.4 Å². The number of hydrogen-bond donors (Lipinski definition) is 2. The fourth-order valence-electron chi connectivity index (χ4n) is 1.72. The fourth-order valence-corrected chi connectivity index (χ4v) is 1.72. The highest BCUT2D eigenvalue weighted by molar-refractivity contribution is 5.27. The molecule has 0 heterocycles. The smallest absolute Gasteiger partial charge is 0.0584 e. The molecule has 0 saturated heterocycles. The van der Waals surface area contributed by atoms with Crippen LogP contribution in [0.3, 0.4) is 0 Å². The number of nitrogens with one attached hydrogen (secondary N) is 1. The molecule has 0 radical (unpaired) electrons. The van der Waals surface area contributed by atoms with E-state index in [4.69, 9.17) is 5.11 Å². The monoisotopic (exact) mass is 235 g/mol. The van der Waals surface area contributed by atoms with Crippen LogP contribution < -0.4 is 5.32 Å². The zero-order chi connectivity index (χ0) is 12.9. The Bertz CT molecular complexity index is 320. The van der Waals surface area contributed by atoms with Crippen LogP contribution in [0.15, 0.2) is 24.3 Å². The molecule has 1 rings (SSSR count). The highest BCUT2D eigenvalue weighted by atomic mass is 16.3. The first-order valence-corrected chi connectivity index (χ1v) is 6.41. The van der Waals surface area contributed by atoms with Gasteiger partial charge >= 0.3 is 0 Å². The van der Waals surface area contributed by atoms with Gasteiger partial charge in [-0.2, -0.15) is 0 Å². The van der Waals surface area contributed by atoms with Gasteiger partial charge in [0.2, 0.25) is 0 Å². The zero-order valence-corrected chi connectivity index (χ0v) is 11.5. The lowest BCUT2D eigenvalue weighted by Crippen LogP contribution is -2.31. The molecule has 96 valence electrons. The summed E-state index contributed by atoms with van der Waals surface area (Å²) in [6.07, 6.45) is 0.955. The summed E-state index contributed by atoms with van der Waals surface area (Å²) in [5, 5.41) is 12.4. The lowest BCUT2D eigenvalue weighted by Gasteiger charge is -2.19. The Labute approximate surface area is 105 Å². The Morgan fingerprint density at radius 3 is 2.18 bits per heavy atom. The Balaban J connectivity index is 2.57. The van der Waals surface area contributed by atoms with Gasteiger partial charge < -0.3 is 10.4 Å². The topological polar surface area (TPSA) is 32.3 Å². The molecule has 0 bridgehead atoms. The molecule has 0 aliphatic rings. The van der Waals surface area contributed by atoms with Gasteiger partial charge in [0.15, 0.2) is 0 Å². The summed E-state index contributed by atoms with van der Waals surface area (Å²) in [6, 6.07) is 8.92. The van der Waals surface area contributed by atoms with Gasteiger partial charge in [-0.15, -0.1) is 0 Å². The first-order valence-electron chi connectivity index (χ1n) is 6.41. The van der Waals surface area contributed by atoms with Crippen molar-refractivity contribution in [1.29, 1.82) is 0 Å². The van der Waals surface area contributed by atoms with Crippen LogP contribution in [0.5, 0.6) is 0 Å².